The van der Waals surface area contributed by atoms with Crippen LogP contribution in [0.1, 0.15) is 11.8 Å². The molecule has 1 amide bonds. The van der Waals surface area contributed by atoms with Crippen molar-refractivity contribution >= 4 is 33.1 Å². The number of amides is 1. The molecule has 0 radical (unpaired) electrons. The first-order valence-corrected chi connectivity index (χ1v) is 8.55. The van der Waals surface area contributed by atoms with E-state index in [0.29, 0.717) is 28.3 Å². The van der Waals surface area contributed by atoms with Crippen LogP contribution in [0.3, 0.4) is 0 Å². The summed E-state index contributed by atoms with van der Waals surface area (Å²) in [5.41, 5.74) is -0.503. The fraction of sp³-hybridized carbons (Fsp3) is 0.235. The minimum atomic E-state index is -0.596. The Bertz CT molecular complexity index is 1030. The Kier molecular flexibility index (Phi) is 4.71. The zero-order chi connectivity index (χ0) is 18.0. The number of thiophene rings is 1. The van der Waals surface area contributed by atoms with E-state index in [4.69, 9.17) is 4.74 Å². The number of benzene rings is 1. The molecule has 2 heterocycles. The van der Waals surface area contributed by atoms with Crippen LogP contribution in [0.15, 0.2) is 39.9 Å². The number of anilines is 1. The maximum Gasteiger partial charge on any atom is 0.329 e. The summed E-state index contributed by atoms with van der Waals surface area (Å²) in [6, 6.07) is 8.57. The Labute approximate surface area is 146 Å². The molecule has 7 nitrogen and oxygen atoms in total. The Morgan fingerprint density at radius 1 is 1.28 bits per heavy atom. The summed E-state index contributed by atoms with van der Waals surface area (Å²) < 4.78 is 6.23. The van der Waals surface area contributed by atoms with Gasteiger partial charge in [0.25, 0.3) is 5.56 Å². The van der Waals surface area contributed by atoms with Gasteiger partial charge in [-0.25, -0.2) is 4.79 Å². The molecule has 2 N–H and O–H groups in total. The van der Waals surface area contributed by atoms with Crippen LogP contribution in [0.4, 0.5) is 5.69 Å². The first kappa shape index (κ1) is 17.0. The van der Waals surface area contributed by atoms with Crippen LogP contribution < -0.4 is 21.3 Å². The minimum Gasteiger partial charge on any atom is -0.494 e. The molecule has 0 saturated heterocycles. The molecule has 0 aliphatic rings. The lowest BCUT2D eigenvalue weighted by Crippen LogP contribution is -2.38. The molecule has 25 heavy (non-hydrogen) atoms. The van der Waals surface area contributed by atoms with Gasteiger partial charge < -0.3 is 10.1 Å². The predicted molar refractivity (Wildman–Crippen MR) is 97.7 cm³/mol. The summed E-state index contributed by atoms with van der Waals surface area (Å²) in [6.45, 7) is 3.94. The summed E-state index contributed by atoms with van der Waals surface area (Å²) in [4.78, 5) is 40.8. The van der Waals surface area contributed by atoms with Crippen LogP contribution in [-0.4, -0.2) is 22.1 Å². The van der Waals surface area contributed by atoms with Crippen molar-refractivity contribution in [2.45, 2.75) is 20.4 Å². The fourth-order valence-electron chi connectivity index (χ4n) is 2.46. The quantitative estimate of drug-likeness (QED) is 0.729. The van der Waals surface area contributed by atoms with Crippen molar-refractivity contribution < 1.29 is 9.53 Å². The Morgan fingerprint density at radius 2 is 2.00 bits per heavy atom. The third-order valence-corrected chi connectivity index (χ3v) is 4.51. The molecule has 0 atom stereocenters. The minimum absolute atomic E-state index is 0.355. The zero-order valence-corrected chi connectivity index (χ0v) is 14.6. The van der Waals surface area contributed by atoms with Gasteiger partial charge in [-0.3, -0.25) is 19.1 Å². The number of aryl methyl sites for hydroxylation is 1. The molecular formula is C17H17N3O4S. The molecule has 1 aromatic carbocycles. The van der Waals surface area contributed by atoms with Crippen molar-refractivity contribution in [3.8, 4) is 5.75 Å². The van der Waals surface area contributed by atoms with Crippen LogP contribution in [0.2, 0.25) is 0 Å². The second-order valence-electron chi connectivity index (χ2n) is 5.43. The van der Waals surface area contributed by atoms with Crippen molar-refractivity contribution in [2.24, 2.45) is 0 Å². The van der Waals surface area contributed by atoms with Gasteiger partial charge in [0, 0.05) is 10.6 Å². The first-order chi connectivity index (χ1) is 12.0. The van der Waals surface area contributed by atoms with E-state index in [1.807, 2.05) is 13.8 Å². The second-order valence-corrected chi connectivity index (χ2v) is 6.68. The Morgan fingerprint density at radius 3 is 2.68 bits per heavy atom. The molecule has 0 spiro atoms. The van der Waals surface area contributed by atoms with Gasteiger partial charge in [-0.1, -0.05) is 0 Å². The van der Waals surface area contributed by atoms with Crippen molar-refractivity contribution in [1.29, 1.82) is 0 Å². The lowest BCUT2D eigenvalue weighted by Gasteiger charge is -2.08. The van der Waals surface area contributed by atoms with Crippen molar-refractivity contribution in [3.05, 3.63) is 56.0 Å². The molecule has 0 aliphatic heterocycles. The van der Waals surface area contributed by atoms with Gasteiger partial charge in [0.05, 0.1) is 12.0 Å². The van der Waals surface area contributed by atoms with Gasteiger partial charge >= 0.3 is 5.69 Å². The second kappa shape index (κ2) is 6.94. The topological polar surface area (TPSA) is 93.2 Å². The number of carbonyl (C=O) groups is 1. The molecule has 0 saturated carbocycles. The Balaban J connectivity index is 1.80. The normalized spacial score (nSPS) is 10.8. The number of ether oxygens (including phenoxy) is 1. The molecular weight excluding hydrogens is 342 g/mol. The third-order valence-electron chi connectivity index (χ3n) is 3.55. The van der Waals surface area contributed by atoms with Crippen molar-refractivity contribution in [1.82, 2.24) is 9.55 Å². The molecule has 0 fully saturated rings. The number of hydrogen-bond acceptors (Lipinski definition) is 5. The van der Waals surface area contributed by atoms with Crippen LogP contribution in [0.5, 0.6) is 5.75 Å². The molecule has 3 aromatic rings. The maximum absolute atomic E-state index is 12.4. The SMILES string of the molecule is CCOc1ccc(NC(=O)Cn2c(=O)[nH]c3sc(C)cc3c2=O)cc1. The Hall–Kier alpha value is -2.87. The average molecular weight is 359 g/mol. The highest BCUT2D eigenvalue weighted by Gasteiger charge is 2.13. The van der Waals surface area contributed by atoms with Gasteiger partial charge in [0.1, 0.15) is 17.1 Å². The number of H-pyrrole nitrogens is 1. The van der Waals surface area contributed by atoms with E-state index in [9.17, 15) is 14.4 Å². The summed E-state index contributed by atoms with van der Waals surface area (Å²) in [5, 5.41) is 3.08. The van der Waals surface area contributed by atoms with Crippen molar-refractivity contribution in [2.75, 3.05) is 11.9 Å². The van der Waals surface area contributed by atoms with Gasteiger partial charge in [-0.05, 0) is 44.2 Å². The number of aromatic amines is 1. The van der Waals surface area contributed by atoms with Gasteiger partial charge in [0.2, 0.25) is 5.91 Å². The highest BCUT2D eigenvalue weighted by molar-refractivity contribution is 7.18. The zero-order valence-electron chi connectivity index (χ0n) is 13.8. The summed E-state index contributed by atoms with van der Waals surface area (Å²) in [6.07, 6.45) is 0. The molecule has 2 aromatic heterocycles. The number of nitrogens with one attached hydrogen (secondary N) is 2. The number of hydrogen-bond donors (Lipinski definition) is 2. The summed E-state index contributed by atoms with van der Waals surface area (Å²) >= 11 is 1.33. The smallest absolute Gasteiger partial charge is 0.329 e. The van der Waals surface area contributed by atoms with Gasteiger partial charge in [0.15, 0.2) is 0 Å². The summed E-state index contributed by atoms with van der Waals surface area (Å²) in [5.74, 6) is 0.245. The lowest BCUT2D eigenvalue weighted by molar-refractivity contribution is -0.116. The molecule has 0 bridgehead atoms. The van der Waals surface area contributed by atoms with E-state index in [-0.39, 0.29) is 6.54 Å². The maximum atomic E-state index is 12.4. The van der Waals surface area contributed by atoms with E-state index in [1.165, 1.54) is 11.3 Å². The number of rotatable bonds is 5. The molecule has 3 rings (SSSR count). The highest BCUT2D eigenvalue weighted by atomic mass is 32.1. The van der Waals surface area contributed by atoms with E-state index in [1.54, 1.807) is 30.3 Å². The molecule has 130 valence electrons. The third kappa shape index (κ3) is 3.63. The van der Waals surface area contributed by atoms with Crippen LogP contribution in [0, 0.1) is 6.92 Å². The largest absolute Gasteiger partial charge is 0.494 e. The van der Waals surface area contributed by atoms with E-state index in [2.05, 4.69) is 10.3 Å². The molecule has 0 aliphatic carbocycles. The molecule has 8 heteroatoms. The molecule has 0 unspecified atom stereocenters. The average Bonchev–Trinajstić information content (AvgIpc) is 2.94. The monoisotopic (exact) mass is 359 g/mol. The predicted octanol–water partition coefficient (Wildman–Crippen LogP) is 2.10. The van der Waals surface area contributed by atoms with Crippen LogP contribution in [-0.2, 0) is 11.3 Å². The lowest BCUT2D eigenvalue weighted by atomic mass is 10.3. The van der Waals surface area contributed by atoms with Crippen molar-refractivity contribution in [3.63, 3.8) is 0 Å². The van der Waals surface area contributed by atoms with Gasteiger partial charge in [-0.2, -0.15) is 0 Å². The van der Waals surface area contributed by atoms with E-state index in [0.717, 1.165) is 9.44 Å². The first-order valence-electron chi connectivity index (χ1n) is 7.74. The number of aromatic nitrogens is 2. The number of carbonyl (C=O) groups excluding carboxylic acids is 1. The van der Waals surface area contributed by atoms with E-state index >= 15 is 0 Å². The number of nitrogens with zero attached hydrogens (tertiary/aromatic N) is 1. The van der Waals surface area contributed by atoms with Crippen LogP contribution >= 0.6 is 11.3 Å². The number of fused-ring (bicyclic) bond motifs is 1. The fourth-order valence-corrected chi connectivity index (χ4v) is 3.35. The summed E-state index contributed by atoms with van der Waals surface area (Å²) in [7, 11) is 0. The van der Waals surface area contributed by atoms with Gasteiger partial charge in [-0.15, -0.1) is 11.3 Å². The highest BCUT2D eigenvalue weighted by Crippen LogP contribution is 2.18. The standard InChI is InChI=1S/C17H17N3O4S/c1-3-24-12-6-4-11(5-7-12)18-14(21)9-20-16(22)13-8-10(2)25-15(13)19-17(20)23/h4-8H,3,9H2,1-2H3,(H,18,21)(H,19,23). The van der Waals surface area contributed by atoms with E-state index < -0.39 is 17.2 Å². The van der Waals surface area contributed by atoms with Crippen LogP contribution in [0.25, 0.3) is 10.2 Å².